The van der Waals surface area contributed by atoms with E-state index in [-0.39, 0.29) is 28.0 Å². The van der Waals surface area contributed by atoms with Crippen molar-refractivity contribution >= 4 is 34.8 Å². The minimum absolute atomic E-state index is 0. The number of carbonyl (C=O) groups excluding carboxylic acids is 2. The molecular weight excluding hydrogens is 701 g/mol. The molecule has 7 nitrogen and oxygen atoms in total. The fourth-order valence-corrected chi connectivity index (χ4v) is 5.36. The molecule has 12 heteroatoms. The Kier molecular flexibility index (Phi) is 23.3. The van der Waals surface area contributed by atoms with Gasteiger partial charge in [0.25, 0.3) is 0 Å². The average Bonchev–Trinajstić information content (AvgIpc) is 3.15. The zero-order chi connectivity index (χ0) is 38.9. The third-order valence-electron chi connectivity index (χ3n) is 8.35. The molecule has 296 valence electrons. The maximum absolute atomic E-state index is 12.6. The van der Waals surface area contributed by atoms with E-state index in [1.54, 1.807) is 0 Å². The summed E-state index contributed by atoms with van der Waals surface area (Å²) >= 11 is 0. The third kappa shape index (κ3) is 19.8. The first-order valence-corrected chi connectivity index (χ1v) is 18.5. The van der Waals surface area contributed by atoms with Crippen LogP contribution in [0.3, 0.4) is 0 Å². The van der Waals surface area contributed by atoms with Gasteiger partial charge in [-0.2, -0.15) is 0 Å². The molecule has 0 heterocycles. The van der Waals surface area contributed by atoms with Crippen molar-refractivity contribution in [3.8, 4) is 0 Å². The fourth-order valence-electron chi connectivity index (χ4n) is 5.36. The number of rotatable bonds is 16. The first-order valence-electron chi connectivity index (χ1n) is 18.5. The second kappa shape index (κ2) is 26.7. The predicted molar refractivity (Wildman–Crippen MR) is 210 cm³/mol. The Bertz CT molecular complexity index is 1350. The van der Waals surface area contributed by atoms with Crippen molar-refractivity contribution in [3.05, 3.63) is 120 Å². The predicted octanol–water partition coefficient (Wildman–Crippen LogP) is 9.23. The van der Waals surface area contributed by atoms with Gasteiger partial charge in [0.05, 0.1) is 26.2 Å². The summed E-state index contributed by atoms with van der Waals surface area (Å²) in [6.45, 7) is 15.0. The summed E-state index contributed by atoms with van der Waals surface area (Å²) in [7, 11) is 0. The van der Waals surface area contributed by atoms with Crippen LogP contribution in [-0.2, 0) is 0 Å². The Balaban J connectivity index is 0.000000402. The minimum Gasteiger partial charge on any atom is -1.00 e. The van der Waals surface area contributed by atoms with E-state index < -0.39 is 12.1 Å². The molecular formula is C42H56F5N5O2. The molecule has 0 unspecified atom stereocenters. The molecule has 0 saturated carbocycles. The SMILES string of the molecule is CCCC[N+](CCCC)(CCCC)CCCC.O=C(Nc1ccc(F)cc1)Nc1ccc(F)cc1.O=C(Nc1ccc(F)cc1)Nc1ccc(F)cc1.[F-]. The Hall–Kier alpha value is -4.97. The summed E-state index contributed by atoms with van der Waals surface area (Å²) in [5.74, 6) is -1.50. The first kappa shape index (κ1) is 47.1. The molecule has 0 fully saturated rings. The number of hydrogen-bond acceptors (Lipinski definition) is 2. The van der Waals surface area contributed by atoms with E-state index >= 15 is 0 Å². The molecule has 0 aliphatic carbocycles. The lowest BCUT2D eigenvalue weighted by Gasteiger charge is -2.39. The normalized spacial score (nSPS) is 10.4. The molecule has 4 rings (SSSR count). The first-order chi connectivity index (χ1) is 25.5. The second-order valence-corrected chi connectivity index (χ2v) is 12.8. The van der Waals surface area contributed by atoms with E-state index in [0.29, 0.717) is 22.7 Å². The molecule has 0 radical (unpaired) electrons. The molecule has 0 aliphatic rings. The van der Waals surface area contributed by atoms with Crippen LogP contribution in [0.5, 0.6) is 0 Å². The molecule has 0 spiro atoms. The summed E-state index contributed by atoms with van der Waals surface area (Å²) in [5.41, 5.74) is 1.87. The maximum Gasteiger partial charge on any atom is 0.323 e. The van der Waals surface area contributed by atoms with Gasteiger partial charge in [-0.25, -0.2) is 27.2 Å². The molecule has 4 N–H and O–H groups in total. The molecule has 4 amide bonds. The van der Waals surface area contributed by atoms with Gasteiger partial charge in [0.1, 0.15) is 23.3 Å². The van der Waals surface area contributed by atoms with Crippen LogP contribution in [0, 0.1) is 23.3 Å². The van der Waals surface area contributed by atoms with E-state index in [1.807, 2.05) is 0 Å². The number of halogens is 5. The minimum atomic E-state index is -0.479. The number of nitrogens with one attached hydrogen (secondary N) is 4. The Morgan fingerprint density at radius 2 is 0.593 bits per heavy atom. The van der Waals surface area contributed by atoms with Gasteiger partial charge >= 0.3 is 12.1 Å². The van der Waals surface area contributed by atoms with Crippen molar-refractivity contribution in [2.24, 2.45) is 0 Å². The number of hydrogen-bond donors (Lipinski definition) is 4. The lowest BCUT2D eigenvalue weighted by Crippen LogP contribution is -3.00. The average molecular weight is 758 g/mol. The van der Waals surface area contributed by atoms with Gasteiger partial charge in [-0.15, -0.1) is 0 Å². The van der Waals surface area contributed by atoms with Crippen LogP contribution in [-0.4, -0.2) is 42.7 Å². The summed E-state index contributed by atoms with van der Waals surface area (Å²) in [6.07, 6.45) is 11.1. The molecule has 4 aromatic carbocycles. The van der Waals surface area contributed by atoms with Crippen molar-refractivity contribution in [2.75, 3.05) is 47.4 Å². The van der Waals surface area contributed by atoms with Gasteiger partial charge < -0.3 is 30.5 Å². The van der Waals surface area contributed by atoms with Crippen molar-refractivity contribution in [1.29, 1.82) is 0 Å². The van der Waals surface area contributed by atoms with Crippen molar-refractivity contribution in [3.63, 3.8) is 0 Å². The Morgan fingerprint density at radius 3 is 0.759 bits per heavy atom. The zero-order valence-electron chi connectivity index (χ0n) is 31.9. The highest BCUT2D eigenvalue weighted by molar-refractivity contribution is 6.00. The second-order valence-electron chi connectivity index (χ2n) is 12.8. The Labute approximate surface area is 317 Å². The van der Waals surface area contributed by atoms with Gasteiger partial charge in [0.15, 0.2) is 0 Å². The van der Waals surface area contributed by atoms with E-state index in [1.165, 1.54) is 179 Å². The van der Waals surface area contributed by atoms with Gasteiger partial charge in [-0.3, -0.25) is 0 Å². The van der Waals surface area contributed by atoms with Gasteiger partial charge in [0.2, 0.25) is 0 Å². The van der Waals surface area contributed by atoms with E-state index in [9.17, 15) is 27.2 Å². The molecule has 54 heavy (non-hydrogen) atoms. The van der Waals surface area contributed by atoms with Crippen molar-refractivity contribution < 1.29 is 36.3 Å². The van der Waals surface area contributed by atoms with Crippen LogP contribution in [0.4, 0.5) is 49.9 Å². The highest BCUT2D eigenvalue weighted by Gasteiger charge is 2.24. The molecule has 0 atom stereocenters. The number of quaternary nitrogens is 1. The molecule has 0 bridgehead atoms. The number of amides is 4. The number of unbranched alkanes of at least 4 members (excludes halogenated alkanes) is 4. The summed E-state index contributed by atoms with van der Waals surface area (Å²) in [5, 5.41) is 10.1. The van der Waals surface area contributed by atoms with Crippen LogP contribution < -0.4 is 26.0 Å². The largest absolute Gasteiger partial charge is 1.00 e. The summed E-state index contributed by atoms with van der Waals surface area (Å²) in [6, 6.07) is 20.5. The van der Waals surface area contributed by atoms with Crippen LogP contribution in [0.15, 0.2) is 97.1 Å². The quantitative estimate of drug-likeness (QED) is 0.0680. The highest BCUT2D eigenvalue weighted by atomic mass is 19.1. The van der Waals surface area contributed by atoms with Gasteiger partial charge in [-0.1, -0.05) is 53.4 Å². The summed E-state index contributed by atoms with van der Waals surface area (Å²) < 4.78 is 52.0. The molecule has 0 aromatic heterocycles. The third-order valence-corrected chi connectivity index (χ3v) is 8.35. The number of benzene rings is 4. The number of anilines is 4. The Morgan fingerprint density at radius 1 is 0.407 bits per heavy atom. The number of nitrogens with zero attached hydrogens (tertiary/aromatic N) is 1. The van der Waals surface area contributed by atoms with Crippen LogP contribution in [0.1, 0.15) is 79.1 Å². The van der Waals surface area contributed by atoms with Crippen LogP contribution in [0.2, 0.25) is 0 Å². The highest BCUT2D eigenvalue weighted by Crippen LogP contribution is 2.17. The van der Waals surface area contributed by atoms with Gasteiger partial charge in [0, 0.05) is 22.7 Å². The topological polar surface area (TPSA) is 82.3 Å². The van der Waals surface area contributed by atoms with Crippen LogP contribution >= 0.6 is 0 Å². The fraction of sp³-hybridized carbons (Fsp3) is 0.381. The molecule has 0 saturated heterocycles. The number of carbonyl (C=O) groups is 2. The zero-order valence-corrected chi connectivity index (χ0v) is 31.9. The lowest BCUT2D eigenvalue weighted by molar-refractivity contribution is -0.929. The molecule has 0 aliphatic heterocycles. The standard InChI is InChI=1S/C16H36N.2C13H10F2N2O.FH/c1-5-9-13-17(14-10-6-2,15-11-7-3)16-12-8-4;2*14-9-1-5-11(6-2-9)16-13(18)17-12-7-3-10(15)4-8-12;/h5-16H2,1-4H3;2*1-8H,(H2,16,17,18);1H/q+1;;;/p-1. The van der Waals surface area contributed by atoms with E-state index in [2.05, 4.69) is 49.0 Å². The van der Waals surface area contributed by atoms with Crippen LogP contribution in [0.25, 0.3) is 0 Å². The van der Waals surface area contributed by atoms with E-state index in [4.69, 9.17) is 0 Å². The monoisotopic (exact) mass is 757 g/mol. The van der Waals surface area contributed by atoms with Crippen molar-refractivity contribution in [2.45, 2.75) is 79.1 Å². The number of urea groups is 2. The summed E-state index contributed by atoms with van der Waals surface area (Å²) in [4.78, 5) is 23.1. The molecule has 4 aromatic rings. The lowest BCUT2D eigenvalue weighted by atomic mass is 10.1. The van der Waals surface area contributed by atoms with E-state index in [0.717, 1.165) is 0 Å². The van der Waals surface area contributed by atoms with Gasteiger partial charge in [-0.05, 0) is 123 Å². The maximum atomic E-state index is 12.6. The van der Waals surface area contributed by atoms with Crippen molar-refractivity contribution in [1.82, 2.24) is 0 Å². The smallest absolute Gasteiger partial charge is 0.323 e.